The number of aryl methyl sites for hydroxylation is 1. The van der Waals surface area contributed by atoms with E-state index in [0.717, 1.165) is 12.1 Å². The first-order chi connectivity index (χ1) is 14.5. The molecule has 2 aromatic rings. The van der Waals surface area contributed by atoms with Gasteiger partial charge < -0.3 is 14.2 Å². The number of allylic oxidation sites excluding steroid dienone is 5. The standard InChI is InChI=1S/C22H21F2N3O3/c1-2-14-6-9-17(10-7-14)27-13-16(12-19(27)28)21-25-20(26-30-21)15-4-3-5-18(11-8-15)29-22(23)24/h3,5-11,16,22H,2,4,12-13H2,1H3. The smallest absolute Gasteiger partial charge is 0.387 e. The molecule has 8 heteroatoms. The predicted molar refractivity (Wildman–Crippen MR) is 107 cm³/mol. The van der Waals surface area contributed by atoms with Gasteiger partial charge in [-0.1, -0.05) is 36.4 Å². The molecular formula is C22H21F2N3O3. The number of rotatable bonds is 6. The van der Waals surface area contributed by atoms with Crippen molar-refractivity contribution in [1.82, 2.24) is 10.1 Å². The normalized spacial score (nSPS) is 19.1. The number of hydrogen-bond donors (Lipinski definition) is 0. The number of aromatic nitrogens is 2. The van der Waals surface area contributed by atoms with Crippen molar-refractivity contribution in [2.75, 3.05) is 11.4 Å². The zero-order valence-corrected chi connectivity index (χ0v) is 16.4. The minimum Gasteiger partial charge on any atom is -0.435 e. The lowest BCUT2D eigenvalue weighted by Crippen LogP contribution is -2.24. The van der Waals surface area contributed by atoms with E-state index in [-0.39, 0.29) is 17.6 Å². The van der Waals surface area contributed by atoms with Crippen LogP contribution in [0.25, 0.3) is 5.57 Å². The van der Waals surface area contributed by atoms with Gasteiger partial charge in [0, 0.05) is 24.2 Å². The van der Waals surface area contributed by atoms with Gasteiger partial charge in [-0.25, -0.2) is 0 Å². The van der Waals surface area contributed by atoms with Gasteiger partial charge in [0.2, 0.25) is 11.8 Å². The molecule has 0 saturated carbocycles. The van der Waals surface area contributed by atoms with Crippen LogP contribution >= 0.6 is 0 Å². The summed E-state index contributed by atoms with van der Waals surface area (Å²) in [7, 11) is 0. The molecular weight excluding hydrogens is 392 g/mol. The Morgan fingerprint density at radius 3 is 2.80 bits per heavy atom. The summed E-state index contributed by atoms with van der Waals surface area (Å²) >= 11 is 0. The lowest BCUT2D eigenvalue weighted by molar-refractivity contribution is -0.117. The van der Waals surface area contributed by atoms with Crippen LogP contribution in [-0.2, 0) is 16.0 Å². The predicted octanol–water partition coefficient (Wildman–Crippen LogP) is 4.62. The van der Waals surface area contributed by atoms with E-state index in [0.29, 0.717) is 36.7 Å². The minimum atomic E-state index is -2.88. The fraction of sp³-hybridized carbons (Fsp3) is 0.318. The van der Waals surface area contributed by atoms with Crippen LogP contribution in [0.1, 0.15) is 43.0 Å². The molecule has 6 nitrogen and oxygen atoms in total. The van der Waals surface area contributed by atoms with Gasteiger partial charge in [0.25, 0.3) is 0 Å². The Balaban J connectivity index is 1.48. The number of carbonyl (C=O) groups excluding carboxylic acids is 1. The van der Waals surface area contributed by atoms with Crippen LogP contribution in [0.15, 0.2) is 58.9 Å². The number of alkyl halides is 2. The molecule has 0 spiro atoms. The monoisotopic (exact) mass is 413 g/mol. The van der Waals surface area contributed by atoms with E-state index in [1.807, 2.05) is 24.3 Å². The van der Waals surface area contributed by atoms with Crippen molar-refractivity contribution in [2.45, 2.75) is 38.7 Å². The first-order valence-electron chi connectivity index (χ1n) is 9.79. The van der Waals surface area contributed by atoms with Crippen molar-refractivity contribution in [2.24, 2.45) is 0 Å². The molecule has 156 valence electrons. The molecule has 1 fully saturated rings. The molecule has 2 aliphatic rings. The summed E-state index contributed by atoms with van der Waals surface area (Å²) in [6, 6.07) is 7.94. The molecule has 1 aromatic heterocycles. The summed E-state index contributed by atoms with van der Waals surface area (Å²) in [4.78, 5) is 18.7. The highest BCUT2D eigenvalue weighted by Crippen LogP contribution is 2.32. The Kier molecular flexibility index (Phi) is 5.74. The summed E-state index contributed by atoms with van der Waals surface area (Å²) in [5, 5.41) is 4.02. The van der Waals surface area contributed by atoms with Crippen molar-refractivity contribution < 1.29 is 22.8 Å². The number of halogens is 2. The van der Waals surface area contributed by atoms with E-state index in [1.54, 1.807) is 17.1 Å². The third-order valence-electron chi connectivity index (χ3n) is 5.15. The molecule has 1 unspecified atom stereocenters. The fourth-order valence-electron chi connectivity index (χ4n) is 3.52. The van der Waals surface area contributed by atoms with Crippen molar-refractivity contribution in [3.05, 3.63) is 71.6 Å². The molecule has 4 rings (SSSR count). The van der Waals surface area contributed by atoms with Crippen molar-refractivity contribution in [3.8, 4) is 0 Å². The molecule has 1 aliphatic heterocycles. The van der Waals surface area contributed by atoms with E-state index in [2.05, 4.69) is 21.8 Å². The van der Waals surface area contributed by atoms with E-state index >= 15 is 0 Å². The van der Waals surface area contributed by atoms with Gasteiger partial charge in [0.15, 0.2) is 5.82 Å². The minimum absolute atomic E-state index is 0.0114. The van der Waals surface area contributed by atoms with E-state index in [4.69, 9.17) is 4.52 Å². The molecule has 1 saturated heterocycles. The Morgan fingerprint density at radius 1 is 1.27 bits per heavy atom. The molecule has 0 radical (unpaired) electrons. The van der Waals surface area contributed by atoms with Gasteiger partial charge in [-0.05, 0) is 42.7 Å². The number of carbonyl (C=O) groups is 1. The molecule has 1 atom stereocenters. The summed E-state index contributed by atoms with van der Waals surface area (Å²) < 4.78 is 34.6. The van der Waals surface area contributed by atoms with Gasteiger partial charge in [0.05, 0.1) is 5.92 Å². The lowest BCUT2D eigenvalue weighted by Gasteiger charge is -2.16. The molecule has 1 amide bonds. The van der Waals surface area contributed by atoms with E-state index in [9.17, 15) is 13.6 Å². The quantitative estimate of drug-likeness (QED) is 0.691. The van der Waals surface area contributed by atoms with Crippen LogP contribution in [0.4, 0.5) is 14.5 Å². The largest absolute Gasteiger partial charge is 0.435 e. The van der Waals surface area contributed by atoms with Gasteiger partial charge in [-0.3, -0.25) is 4.79 Å². The van der Waals surface area contributed by atoms with Crippen LogP contribution in [0.2, 0.25) is 0 Å². The Labute approximate surface area is 172 Å². The van der Waals surface area contributed by atoms with Crippen LogP contribution in [0.3, 0.4) is 0 Å². The highest BCUT2D eigenvalue weighted by molar-refractivity contribution is 5.96. The molecule has 0 N–H and O–H groups in total. The Bertz CT molecular complexity index is 1010. The van der Waals surface area contributed by atoms with Crippen molar-refractivity contribution in [3.63, 3.8) is 0 Å². The van der Waals surface area contributed by atoms with Crippen LogP contribution < -0.4 is 4.90 Å². The number of anilines is 1. The summed E-state index contributed by atoms with van der Waals surface area (Å²) in [6.45, 7) is -0.327. The average Bonchev–Trinajstić information content (AvgIpc) is 3.30. The van der Waals surface area contributed by atoms with Crippen molar-refractivity contribution >= 4 is 17.2 Å². The molecule has 2 heterocycles. The summed E-state index contributed by atoms with van der Waals surface area (Å²) in [5.41, 5.74) is 2.78. The maximum atomic E-state index is 12.5. The summed E-state index contributed by atoms with van der Waals surface area (Å²) in [6.07, 6.45) is 7.94. The zero-order chi connectivity index (χ0) is 21.1. The number of ether oxygens (including phenoxy) is 1. The average molecular weight is 413 g/mol. The number of nitrogens with zero attached hydrogens (tertiary/aromatic N) is 3. The second kappa shape index (κ2) is 8.61. The van der Waals surface area contributed by atoms with Gasteiger partial charge >= 0.3 is 6.61 Å². The van der Waals surface area contributed by atoms with Crippen LogP contribution in [-0.4, -0.2) is 29.2 Å². The summed E-state index contributed by atoms with van der Waals surface area (Å²) in [5.74, 6) is 0.655. The molecule has 30 heavy (non-hydrogen) atoms. The third-order valence-corrected chi connectivity index (χ3v) is 5.15. The van der Waals surface area contributed by atoms with Gasteiger partial charge in [-0.2, -0.15) is 13.8 Å². The molecule has 1 aromatic carbocycles. The number of benzene rings is 1. The molecule has 0 bridgehead atoms. The fourth-order valence-corrected chi connectivity index (χ4v) is 3.52. The topological polar surface area (TPSA) is 68.5 Å². The van der Waals surface area contributed by atoms with Gasteiger partial charge in [-0.15, -0.1) is 0 Å². The Morgan fingerprint density at radius 2 is 2.07 bits per heavy atom. The molecule has 1 aliphatic carbocycles. The Hall–Kier alpha value is -3.29. The highest BCUT2D eigenvalue weighted by Gasteiger charge is 2.35. The second-order valence-electron chi connectivity index (χ2n) is 7.13. The number of hydrogen-bond acceptors (Lipinski definition) is 5. The van der Waals surface area contributed by atoms with E-state index < -0.39 is 6.61 Å². The maximum absolute atomic E-state index is 12.5. The van der Waals surface area contributed by atoms with Crippen LogP contribution in [0.5, 0.6) is 0 Å². The van der Waals surface area contributed by atoms with Crippen molar-refractivity contribution in [1.29, 1.82) is 0 Å². The van der Waals surface area contributed by atoms with Crippen LogP contribution in [0, 0.1) is 0 Å². The second-order valence-corrected chi connectivity index (χ2v) is 7.13. The maximum Gasteiger partial charge on any atom is 0.387 e. The third kappa shape index (κ3) is 4.32. The number of amides is 1. The first-order valence-corrected chi connectivity index (χ1v) is 9.79. The van der Waals surface area contributed by atoms with Gasteiger partial charge in [0.1, 0.15) is 5.76 Å². The first kappa shape index (κ1) is 20.0. The van der Waals surface area contributed by atoms with E-state index in [1.165, 1.54) is 17.7 Å². The highest BCUT2D eigenvalue weighted by atomic mass is 19.3. The lowest BCUT2D eigenvalue weighted by atomic mass is 10.1. The zero-order valence-electron chi connectivity index (χ0n) is 16.4. The SMILES string of the molecule is CCc1ccc(N2CC(c3nc(C4=CC=C(OC(F)F)C=CC4)no3)CC2=O)cc1.